The lowest BCUT2D eigenvalue weighted by Gasteiger charge is -2.45. The number of likely N-dealkylation sites (N-methyl/N-ethyl adjacent to an activating group) is 7. The fourth-order valence-electron chi connectivity index (χ4n) is 14.7. The van der Waals surface area contributed by atoms with Gasteiger partial charge in [-0.05, 0) is 126 Å². The van der Waals surface area contributed by atoms with Crippen molar-refractivity contribution in [1.29, 1.82) is 0 Å². The van der Waals surface area contributed by atoms with Crippen molar-refractivity contribution in [3.05, 3.63) is 70.3 Å². The molecule has 2 aromatic rings. The van der Waals surface area contributed by atoms with Crippen LogP contribution in [0.4, 0.5) is 22.0 Å². The summed E-state index contributed by atoms with van der Waals surface area (Å²) in [4.78, 5) is 184. The molecule has 4 aliphatic rings. The maximum atomic E-state index is 15.4. The minimum atomic E-state index is -5.28. The summed E-state index contributed by atoms with van der Waals surface area (Å²) >= 11 is 0. The molecule has 2 heterocycles. The lowest BCUT2D eigenvalue weighted by molar-refractivity contribution is -0.161. The number of likely N-dealkylation sites (tertiary alicyclic amines) is 2. The molecule has 6 rings (SSSR count). The molecular formula is C73H107F5N12O13. The van der Waals surface area contributed by atoms with Crippen LogP contribution in [0.2, 0.25) is 0 Å². The molecule has 10 atom stereocenters. The monoisotopic (exact) mass is 1450 g/mol. The van der Waals surface area contributed by atoms with E-state index < -0.39 is 179 Å². The number of nitrogens with one attached hydrogen (secondary N) is 2. The number of hydrogen-bond acceptors (Lipinski definition) is 13. The van der Waals surface area contributed by atoms with Gasteiger partial charge in [-0.2, -0.15) is 13.2 Å². The molecule has 0 bridgehead atoms. The number of halogens is 5. The van der Waals surface area contributed by atoms with Gasteiger partial charge in [0.05, 0.1) is 12.5 Å². The largest absolute Gasteiger partial charge is 0.480 e. The predicted octanol–water partition coefficient (Wildman–Crippen LogP) is 5.15. The van der Waals surface area contributed by atoms with Crippen molar-refractivity contribution in [2.24, 2.45) is 23.5 Å². The number of carbonyl (C=O) groups excluding carboxylic acids is 11. The van der Waals surface area contributed by atoms with E-state index in [9.17, 15) is 75.0 Å². The van der Waals surface area contributed by atoms with Crippen LogP contribution >= 0.6 is 0 Å². The highest BCUT2D eigenvalue weighted by Crippen LogP contribution is 2.38. The molecule has 2 saturated carbocycles. The van der Waals surface area contributed by atoms with Crippen LogP contribution in [0.5, 0.6) is 0 Å². The Labute approximate surface area is 601 Å². The third-order valence-electron chi connectivity index (χ3n) is 21.4. The Morgan fingerprint density at radius 1 is 0.680 bits per heavy atom. The van der Waals surface area contributed by atoms with Crippen molar-refractivity contribution in [3.8, 4) is 0 Å². The molecule has 0 radical (unpaired) electrons. The first kappa shape index (κ1) is 83.6. The van der Waals surface area contributed by atoms with Gasteiger partial charge in [-0.15, -0.1) is 0 Å². The van der Waals surface area contributed by atoms with Crippen LogP contribution in [0.3, 0.4) is 0 Å². The van der Waals surface area contributed by atoms with E-state index in [2.05, 4.69) is 10.6 Å². The first-order chi connectivity index (χ1) is 48.2. The van der Waals surface area contributed by atoms with Crippen LogP contribution in [-0.4, -0.2) is 256 Å². The lowest BCUT2D eigenvalue weighted by atomic mass is 9.90. The summed E-state index contributed by atoms with van der Waals surface area (Å²) in [7, 11) is 9.87. The number of carboxylic acids is 1. The van der Waals surface area contributed by atoms with Crippen molar-refractivity contribution in [1.82, 2.24) is 54.7 Å². The molecule has 0 spiro atoms. The fourth-order valence-corrected chi connectivity index (χ4v) is 14.7. The molecule has 5 N–H and O–H groups in total. The highest BCUT2D eigenvalue weighted by molar-refractivity contribution is 6.01. The number of amides is 11. The third kappa shape index (κ3) is 20.0. The van der Waals surface area contributed by atoms with Crippen molar-refractivity contribution in [2.75, 3.05) is 75.5 Å². The first-order valence-electron chi connectivity index (χ1n) is 35.9. The molecule has 2 aromatic carbocycles. The second kappa shape index (κ2) is 35.9. The molecular weight excluding hydrogens is 1350 g/mol. The Morgan fingerprint density at radius 3 is 1.80 bits per heavy atom. The average molecular weight is 1460 g/mol. The van der Waals surface area contributed by atoms with Crippen molar-refractivity contribution < 1.29 is 84.6 Å². The Kier molecular flexibility index (Phi) is 29.2. The number of aliphatic carboxylic acids is 1. The van der Waals surface area contributed by atoms with Gasteiger partial charge in [-0.1, -0.05) is 89.6 Å². The summed E-state index contributed by atoms with van der Waals surface area (Å²) in [5.41, 5.74) is 4.21. The van der Waals surface area contributed by atoms with E-state index in [1.807, 2.05) is 52.0 Å². The maximum Gasteiger partial charge on any atom is 0.422 e. The van der Waals surface area contributed by atoms with E-state index in [4.69, 9.17) is 5.73 Å². The number of nitrogens with zero attached hydrogens (tertiary/aromatic N) is 9. The minimum Gasteiger partial charge on any atom is -0.480 e. The van der Waals surface area contributed by atoms with E-state index in [1.54, 1.807) is 13.8 Å². The second-order valence-electron chi connectivity index (χ2n) is 29.3. The molecule has 25 nitrogen and oxygen atoms in total. The van der Waals surface area contributed by atoms with Crippen LogP contribution < -0.4 is 16.4 Å². The number of benzene rings is 2. The number of hydrogen-bond donors (Lipinski definition) is 4. The molecule has 2 aliphatic heterocycles. The van der Waals surface area contributed by atoms with Gasteiger partial charge in [0, 0.05) is 75.4 Å². The van der Waals surface area contributed by atoms with Gasteiger partial charge < -0.3 is 65.6 Å². The lowest BCUT2D eigenvalue weighted by Crippen LogP contribution is -2.65. The SMILES string of the molecule is CC[C@H](C)C(NC(=O)[C@H](CC(C)C)N(C)C(=O)C[C@@H](C(=O)N(C)C)N(C)C(=O)C(C1CCCC1)N(C)C(=O)C1(NC(=O)[C@@H]2CCCN2C(=O)[C@@H](N)CCc2cc(F)c(C(F)(F)F)c(F)c2)CCCC1)C(=O)N(C)[C@@H](C)C(=O)N1CC[C@H]1C(=O)N(CC)[C@@H](Cc1ccc(C)cc1)C(=O)N(C)CC(=O)O. The van der Waals surface area contributed by atoms with Crippen LogP contribution in [-0.2, 0) is 76.6 Å². The summed E-state index contributed by atoms with van der Waals surface area (Å²) in [6.45, 7) is 12.0. The number of aryl methyl sites for hydroxylation is 2. The number of nitrogens with two attached hydrogens (primary N) is 1. The molecule has 30 heteroatoms. The van der Waals surface area contributed by atoms with Gasteiger partial charge in [-0.3, -0.25) is 57.5 Å². The zero-order valence-electron chi connectivity index (χ0n) is 62.1. The molecule has 572 valence electrons. The molecule has 11 amide bonds. The standard InChI is InChI=1S/C73H107F5N12O13/c1-15-44(6)60(69(101)84(11)45(7)64(96)90-35-31-53(90)68(100)88(16-2)56(67(99)83(10)41-58(92)93)39-46-27-25-43(5)26-28-46)80-62(94)54(36-42(3)4)85(12)57(91)40-55(66(98)82(8)9)86(13)70(102)61(48-22-17-18-23-48)87(14)71(103)72(32-19-20-33-72)81-63(95)52-24-21-34-89(52)65(97)51(79)30-29-47-37-49(74)59(50(75)38-47)73(76,77)78/h25-28,37-38,42,44-45,48,51-56,60-61H,15-24,29-36,39-41,79H2,1-14H3,(H,80,94)(H,81,95)(H,92,93)/t44-,45-,51-,52-,53-,54-,55-,56-,60?,61?/m0/s1. The Hall–Kier alpha value is -8.31. The third-order valence-corrected chi connectivity index (χ3v) is 21.4. The smallest absolute Gasteiger partial charge is 0.422 e. The zero-order valence-corrected chi connectivity index (χ0v) is 62.1. The molecule has 103 heavy (non-hydrogen) atoms. The van der Waals surface area contributed by atoms with Crippen LogP contribution in [0.1, 0.15) is 160 Å². The van der Waals surface area contributed by atoms with Crippen LogP contribution in [0, 0.1) is 36.3 Å². The Bertz CT molecular complexity index is 3400. The normalized spacial score (nSPS) is 19.0. The number of rotatable bonds is 32. The Morgan fingerprint density at radius 2 is 1.27 bits per heavy atom. The average Bonchev–Trinajstić information content (AvgIpc) is 1.74. The van der Waals surface area contributed by atoms with E-state index in [0.29, 0.717) is 63.5 Å². The quantitative estimate of drug-likeness (QED) is 0.0689. The summed E-state index contributed by atoms with van der Waals surface area (Å²) < 4.78 is 68.6. The summed E-state index contributed by atoms with van der Waals surface area (Å²) in [6.07, 6.45) is -1.27. The summed E-state index contributed by atoms with van der Waals surface area (Å²) in [5, 5.41) is 15.4. The van der Waals surface area contributed by atoms with Crippen LogP contribution in [0.25, 0.3) is 0 Å². The predicted molar refractivity (Wildman–Crippen MR) is 371 cm³/mol. The van der Waals surface area contributed by atoms with Crippen LogP contribution in [0.15, 0.2) is 36.4 Å². The topological polar surface area (TPSA) is 304 Å². The van der Waals surface area contributed by atoms with Gasteiger partial charge >= 0.3 is 12.1 Å². The highest BCUT2D eigenvalue weighted by Gasteiger charge is 2.52. The maximum absolute atomic E-state index is 15.4. The zero-order chi connectivity index (χ0) is 77.0. The summed E-state index contributed by atoms with van der Waals surface area (Å²) in [6, 6.07) is -2.48. The highest BCUT2D eigenvalue weighted by atomic mass is 19.4. The Balaban J connectivity index is 1.16. The summed E-state index contributed by atoms with van der Waals surface area (Å²) in [5.74, 6) is -13.1. The molecule has 2 saturated heterocycles. The number of alkyl halides is 3. The van der Waals surface area contributed by atoms with Gasteiger partial charge in [-0.25, -0.2) is 8.78 Å². The minimum absolute atomic E-state index is 0.0483. The van der Waals surface area contributed by atoms with Crippen molar-refractivity contribution in [3.63, 3.8) is 0 Å². The van der Waals surface area contributed by atoms with E-state index >= 15 is 9.59 Å². The van der Waals surface area contributed by atoms with E-state index in [-0.39, 0.29) is 82.5 Å². The molecule has 2 unspecified atom stereocenters. The van der Waals surface area contributed by atoms with Gasteiger partial charge in [0.25, 0.3) is 0 Å². The number of carbonyl (C=O) groups is 12. The van der Waals surface area contributed by atoms with Gasteiger partial charge in [0.2, 0.25) is 65.0 Å². The molecule has 4 fully saturated rings. The molecule has 0 aromatic heterocycles. The molecule has 2 aliphatic carbocycles. The van der Waals surface area contributed by atoms with E-state index in [1.165, 1.54) is 90.6 Å². The van der Waals surface area contributed by atoms with E-state index in [0.717, 1.165) is 20.9 Å². The fraction of sp³-hybridized carbons (Fsp3) is 0.671. The van der Waals surface area contributed by atoms with Crippen molar-refractivity contribution in [2.45, 2.75) is 224 Å². The van der Waals surface area contributed by atoms with Crippen molar-refractivity contribution >= 4 is 70.9 Å². The van der Waals surface area contributed by atoms with Gasteiger partial charge in [0.15, 0.2) is 0 Å². The number of carboxylic acid groups (broad SMARTS) is 1. The first-order valence-corrected chi connectivity index (χ1v) is 35.9. The van der Waals surface area contributed by atoms with Gasteiger partial charge in [0.1, 0.15) is 77.6 Å². The second-order valence-corrected chi connectivity index (χ2v) is 29.3.